The zero-order valence-corrected chi connectivity index (χ0v) is 10.3. The third kappa shape index (κ3) is 5.69. The Balaban J connectivity index is 2.68. The van der Waals surface area contributed by atoms with Gasteiger partial charge < -0.3 is 0 Å². The van der Waals surface area contributed by atoms with E-state index in [0.29, 0.717) is 0 Å². The highest BCUT2D eigenvalue weighted by Crippen LogP contribution is 2.14. The van der Waals surface area contributed by atoms with Crippen LogP contribution >= 0.6 is 0 Å². The van der Waals surface area contributed by atoms with Gasteiger partial charge in [-0.2, -0.15) is 18.4 Å². The monoisotopic (exact) mass is 294 g/mol. The molecule has 0 bridgehead atoms. The highest BCUT2D eigenvalue weighted by Gasteiger charge is 2.29. The Morgan fingerprint density at radius 3 is 2.53 bits per heavy atom. The normalized spacial score (nSPS) is 12.1. The molecule has 0 heterocycles. The van der Waals surface area contributed by atoms with Gasteiger partial charge in [-0.25, -0.2) is 8.42 Å². The summed E-state index contributed by atoms with van der Waals surface area (Å²) < 4.78 is 58.2. The predicted octanol–water partition coefficient (Wildman–Crippen LogP) is 1.47. The standard InChI is InChI=1S/C10H9F3N2O3S/c11-10(12,13)7-18-15-19(16,17)6-9-4-2-1-3-8(9)5-14/h1-4,15H,6-7H2. The van der Waals surface area contributed by atoms with Crippen molar-refractivity contribution in [1.82, 2.24) is 4.89 Å². The molecule has 0 aliphatic carbocycles. The summed E-state index contributed by atoms with van der Waals surface area (Å²) in [6, 6.07) is 7.64. The second-order valence-corrected chi connectivity index (χ2v) is 5.20. The second-order valence-electron chi connectivity index (χ2n) is 3.52. The lowest BCUT2D eigenvalue weighted by atomic mass is 10.1. The Morgan fingerprint density at radius 2 is 1.95 bits per heavy atom. The molecule has 9 heteroatoms. The van der Waals surface area contributed by atoms with Crippen molar-refractivity contribution in [3.8, 4) is 6.07 Å². The lowest BCUT2D eigenvalue weighted by molar-refractivity contribution is -0.181. The van der Waals surface area contributed by atoms with Gasteiger partial charge in [0.1, 0.15) is 0 Å². The van der Waals surface area contributed by atoms with Crippen LogP contribution in [0.15, 0.2) is 24.3 Å². The molecule has 0 atom stereocenters. The molecule has 1 N–H and O–H groups in total. The van der Waals surface area contributed by atoms with E-state index in [1.807, 2.05) is 0 Å². The first kappa shape index (κ1) is 15.4. The van der Waals surface area contributed by atoms with E-state index in [0.717, 1.165) is 0 Å². The van der Waals surface area contributed by atoms with Crippen LogP contribution in [-0.4, -0.2) is 21.2 Å². The fraction of sp³-hybridized carbons (Fsp3) is 0.300. The minimum atomic E-state index is -4.63. The van der Waals surface area contributed by atoms with E-state index in [2.05, 4.69) is 4.84 Å². The molecule has 1 aromatic carbocycles. The number of nitrogens with one attached hydrogen (secondary N) is 1. The van der Waals surface area contributed by atoms with Crippen LogP contribution in [0.2, 0.25) is 0 Å². The van der Waals surface area contributed by atoms with Crippen LogP contribution < -0.4 is 4.89 Å². The first-order valence-corrected chi connectivity index (χ1v) is 6.55. The number of halogens is 3. The van der Waals surface area contributed by atoms with Crippen LogP contribution in [-0.2, 0) is 20.6 Å². The Labute approximate surface area is 107 Å². The van der Waals surface area contributed by atoms with Crippen molar-refractivity contribution >= 4 is 10.0 Å². The first-order chi connectivity index (χ1) is 8.73. The largest absolute Gasteiger partial charge is 0.413 e. The smallest absolute Gasteiger partial charge is 0.278 e. The average Bonchev–Trinajstić information content (AvgIpc) is 2.27. The second kappa shape index (κ2) is 6.01. The molecule has 0 saturated heterocycles. The van der Waals surface area contributed by atoms with Crippen LogP contribution in [0.1, 0.15) is 11.1 Å². The summed E-state index contributed by atoms with van der Waals surface area (Å²) in [5, 5.41) is 8.75. The molecule has 0 saturated carbocycles. The van der Waals surface area contributed by atoms with E-state index < -0.39 is 28.6 Å². The fourth-order valence-electron chi connectivity index (χ4n) is 1.19. The van der Waals surface area contributed by atoms with Crippen molar-refractivity contribution in [3.05, 3.63) is 35.4 Å². The minimum Gasteiger partial charge on any atom is -0.278 e. The lowest BCUT2D eigenvalue weighted by Crippen LogP contribution is -2.30. The molecule has 0 aliphatic rings. The van der Waals surface area contributed by atoms with Crippen molar-refractivity contribution in [1.29, 1.82) is 5.26 Å². The molecule has 104 valence electrons. The number of hydrogen-bond donors (Lipinski definition) is 1. The van der Waals surface area contributed by atoms with Gasteiger partial charge in [-0.15, -0.1) is 0 Å². The zero-order valence-electron chi connectivity index (χ0n) is 9.44. The molecule has 0 radical (unpaired) electrons. The molecule has 1 aromatic rings. The molecule has 0 spiro atoms. The summed E-state index contributed by atoms with van der Waals surface area (Å²) in [5.74, 6) is -0.644. The first-order valence-electron chi connectivity index (χ1n) is 4.89. The Kier molecular flexibility index (Phi) is 4.88. The predicted molar refractivity (Wildman–Crippen MR) is 58.9 cm³/mol. The SMILES string of the molecule is N#Cc1ccccc1CS(=O)(=O)NOCC(F)(F)F. The number of nitrogens with zero attached hydrogens (tertiary/aromatic N) is 1. The number of hydrogen-bond acceptors (Lipinski definition) is 4. The van der Waals surface area contributed by atoms with Gasteiger partial charge in [-0.1, -0.05) is 23.1 Å². The third-order valence-corrected chi connectivity index (χ3v) is 2.97. The van der Waals surface area contributed by atoms with Gasteiger partial charge in [0.15, 0.2) is 6.61 Å². The molecule has 1 rings (SSSR count). The molecular formula is C10H9F3N2O3S. The summed E-state index contributed by atoms with van der Waals surface area (Å²) >= 11 is 0. The van der Waals surface area contributed by atoms with Crippen LogP contribution in [0.3, 0.4) is 0 Å². The molecule has 19 heavy (non-hydrogen) atoms. The Morgan fingerprint density at radius 1 is 1.32 bits per heavy atom. The van der Waals surface area contributed by atoms with Crippen LogP contribution in [0.5, 0.6) is 0 Å². The summed E-state index contributed by atoms with van der Waals surface area (Å²) in [6.45, 7) is -1.73. The topological polar surface area (TPSA) is 79.2 Å². The van der Waals surface area contributed by atoms with Gasteiger partial charge in [0, 0.05) is 0 Å². The molecule has 0 unspecified atom stereocenters. The van der Waals surface area contributed by atoms with Crippen LogP contribution in [0, 0.1) is 11.3 Å². The minimum absolute atomic E-state index is 0.128. The van der Waals surface area contributed by atoms with Gasteiger partial charge in [-0.3, -0.25) is 4.84 Å². The maximum absolute atomic E-state index is 11.8. The highest BCUT2D eigenvalue weighted by atomic mass is 32.2. The summed E-state index contributed by atoms with van der Waals surface area (Å²) in [4.78, 5) is 5.22. The van der Waals surface area contributed by atoms with E-state index >= 15 is 0 Å². The van der Waals surface area contributed by atoms with Crippen molar-refractivity contribution in [2.45, 2.75) is 11.9 Å². The molecule has 0 amide bonds. The summed E-state index contributed by atoms with van der Waals surface area (Å²) in [6.07, 6.45) is -4.63. The number of benzene rings is 1. The molecule has 0 aliphatic heterocycles. The maximum Gasteiger partial charge on any atom is 0.413 e. The molecular weight excluding hydrogens is 285 g/mol. The van der Waals surface area contributed by atoms with E-state index in [1.54, 1.807) is 12.1 Å². The number of nitriles is 1. The number of rotatable bonds is 5. The van der Waals surface area contributed by atoms with Gasteiger partial charge in [0.2, 0.25) is 10.0 Å². The van der Waals surface area contributed by atoms with Crippen molar-refractivity contribution in [2.24, 2.45) is 0 Å². The van der Waals surface area contributed by atoms with Gasteiger partial charge >= 0.3 is 6.18 Å². The highest BCUT2D eigenvalue weighted by molar-refractivity contribution is 7.88. The Bertz CT molecular complexity index is 578. The molecule has 0 aromatic heterocycles. The quantitative estimate of drug-likeness (QED) is 0.834. The summed E-state index contributed by atoms with van der Waals surface area (Å²) in [7, 11) is -4.11. The summed E-state index contributed by atoms with van der Waals surface area (Å²) in [5.41, 5.74) is 0.303. The third-order valence-electron chi connectivity index (χ3n) is 1.91. The van der Waals surface area contributed by atoms with Gasteiger partial charge in [0.25, 0.3) is 0 Å². The average molecular weight is 294 g/mol. The number of sulfonamides is 1. The molecule has 5 nitrogen and oxygen atoms in total. The number of alkyl halides is 3. The fourth-order valence-corrected chi connectivity index (χ4v) is 2.15. The maximum atomic E-state index is 11.8. The molecule has 0 fully saturated rings. The van der Waals surface area contributed by atoms with Gasteiger partial charge in [0.05, 0.1) is 17.4 Å². The van der Waals surface area contributed by atoms with E-state index in [-0.39, 0.29) is 11.1 Å². The zero-order chi connectivity index (χ0) is 14.5. The van der Waals surface area contributed by atoms with E-state index in [4.69, 9.17) is 5.26 Å². The lowest BCUT2D eigenvalue weighted by Gasteiger charge is -2.09. The van der Waals surface area contributed by atoms with Gasteiger partial charge in [-0.05, 0) is 11.6 Å². The van der Waals surface area contributed by atoms with E-state index in [1.165, 1.54) is 23.1 Å². The van der Waals surface area contributed by atoms with Crippen molar-refractivity contribution < 1.29 is 26.4 Å². The Hall–Kier alpha value is -1.63. The van der Waals surface area contributed by atoms with Crippen LogP contribution in [0.25, 0.3) is 0 Å². The van der Waals surface area contributed by atoms with Crippen LogP contribution in [0.4, 0.5) is 13.2 Å². The van der Waals surface area contributed by atoms with E-state index in [9.17, 15) is 21.6 Å². The van der Waals surface area contributed by atoms with Crippen molar-refractivity contribution in [2.75, 3.05) is 6.61 Å². The van der Waals surface area contributed by atoms with Crippen molar-refractivity contribution in [3.63, 3.8) is 0 Å².